The van der Waals surface area contributed by atoms with Gasteiger partial charge in [0.05, 0.1) is 0 Å². The number of piperidine rings is 1. The van der Waals surface area contributed by atoms with Gasteiger partial charge in [-0.1, -0.05) is 0 Å². The summed E-state index contributed by atoms with van der Waals surface area (Å²) in [5, 5.41) is 3.77. The van der Waals surface area contributed by atoms with Crippen LogP contribution < -0.4 is 5.32 Å². The fraction of sp³-hybridized carbons (Fsp3) is 0.941. The Balaban J connectivity index is 1.91. The van der Waals surface area contributed by atoms with Crippen LogP contribution in [-0.4, -0.2) is 23.2 Å². The summed E-state index contributed by atoms with van der Waals surface area (Å²) in [5.41, 5.74) is 0.471. The number of ether oxygens (including phenoxy) is 1. The Hall–Kier alpha value is -0.570. The van der Waals surface area contributed by atoms with Gasteiger partial charge in [-0.25, -0.2) is 0 Å². The molecular weight excluding hydrogens is 250 g/mol. The van der Waals surface area contributed by atoms with Crippen LogP contribution in [0.2, 0.25) is 0 Å². The van der Waals surface area contributed by atoms with Gasteiger partial charge in [-0.2, -0.15) is 0 Å². The minimum Gasteiger partial charge on any atom is -0.463 e. The summed E-state index contributed by atoms with van der Waals surface area (Å²) in [7, 11) is 0. The molecular formula is C17H31NO2. The molecule has 0 aromatic heterocycles. The quantitative estimate of drug-likeness (QED) is 0.785. The van der Waals surface area contributed by atoms with Crippen molar-refractivity contribution < 1.29 is 9.53 Å². The van der Waals surface area contributed by atoms with Crippen molar-refractivity contribution in [2.75, 3.05) is 0 Å². The SMILES string of the molecule is CC(=O)OC1CCC(C2CC(C)(C)NC(C)(C)C2)CC1. The third-order valence-corrected chi connectivity index (χ3v) is 4.94. The zero-order valence-corrected chi connectivity index (χ0v) is 13.8. The number of nitrogens with one attached hydrogen (secondary N) is 1. The summed E-state index contributed by atoms with van der Waals surface area (Å²) in [5.74, 6) is 1.49. The standard InChI is InChI=1S/C17H31NO2/c1-12(19)20-15-8-6-13(7-9-15)14-10-16(2,3)18-17(4,5)11-14/h13-15,18H,6-11H2,1-5H3. The van der Waals surface area contributed by atoms with E-state index in [0.717, 1.165) is 24.7 Å². The third-order valence-electron chi connectivity index (χ3n) is 4.94. The Bertz CT molecular complexity index is 338. The first-order valence-electron chi connectivity index (χ1n) is 8.13. The van der Waals surface area contributed by atoms with Gasteiger partial charge >= 0.3 is 5.97 Å². The normalized spacial score (nSPS) is 33.6. The second-order valence-corrected chi connectivity index (χ2v) is 8.21. The molecule has 0 radical (unpaired) electrons. The lowest BCUT2D eigenvalue weighted by Crippen LogP contribution is -2.58. The molecule has 1 heterocycles. The zero-order chi connectivity index (χ0) is 15.0. The molecule has 2 fully saturated rings. The van der Waals surface area contributed by atoms with Crippen LogP contribution in [0.1, 0.15) is 73.1 Å². The smallest absolute Gasteiger partial charge is 0.302 e. The molecule has 3 nitrogen and oxygen atoms in total. The van der Waals surface area contributed by atoms with Gasteiger partial charge in [-0.3, -0.25) is 4.79 Å². The number of rotatable bonds is 2. The van der Waals surface area contributed by atoms with Gasteiger partial charge in [0, 0.05) is 18.0 Å². The maximum atomic E-state index is 11.0. The predicted molar refractivity (Wildman–Crippen MR) is 81.5 cm³/mol. The van der Waals surface area contributed by atoms with Crippen molar-refractivity contribution >= 4 is 5.97 Å². The number of hydrogen-bond donors (Lipinski definition) is 1. The highest BCUT2D eigenvalue weighted by molar-refractivity contribution is 5.66. The van der Waals surface area contributed by atoms with Crippen LogP contribution in [0, 0.1) is 11.8 Å². The van der Waals surface area contributed by atoms with E-state index in [9.17, 15) is 4.79 Å². The molecule has 0 amide bonds. The van der Waals surface area contributed by atoms with E-state index in [0.29, 0.717) is 0 Å². The number of carbonyl (C=O) groups is 1. The third kappa shape index (κ3) is 4.21. The Morgan fingerprint density at radius 2 is 1.45 bits per heavy atom. The first-order chi connectivity index (χ1) is 9.17. The number of carbonyl (C=O) groups excluding carboxylic acids is 1. The molecule has 1 saturated carbocycles. The molecule has 2 aliphatic rings. The van der Waals surface area contributed by atoms with E-state index in [2.05, 4.69) is 33.0 Å². The second kappa shape index (κ2) is 5.67. The lowest BCUT2D eigenvalue weighted by atomic mass is 9.67. The lowest BCUT2D eigenvalue weighted by Gasteiger charge is -2.49. The summed E-state index contributed by atoms with van der Waals surface area (Å²) in [4.78, 5) is 11.0. The van der Waals surface area contributed by atoms with Crippen LogP contribution in [0.4, 0.5) is 0 Å². The molecule has 116 valence electrons. The van der Waals surface area contributed by atoms with Crippen molar-refractivity contribution in [3.05, 3.63) is 0 Å². The summed E-state index contributed by atoms with van der Waals surface area (Å²) in [6.07, 6.45) is 7.23. The molecule has 1 saturated heterocycles. The first kappa shape index (κ1) is 15.8. The molecule has 0 aromatic rings. The van der Waals surface area contributed by atoms with Gasteiger partial charge in [-0.05, 0) is 78.1 Å². The number of hydrogen-bond acceptors (Lipinski definition) is 3. The molecule has 0 atom stereocenters. The molecule has 0 unspecified atom stereocenters. The molecule has 1 aliphatic carbocycles. The van der Waals surface area contributed by atoms with Crippen molar-refractivity contribution in [2.45, 2.75) is 90.3 Å². The van der Waals surface area contributed by atoms with Gasteiger partial charge < -0.3 is 10.1 Å². The second-order valence-electron chi connectivity index (χ2n) is 8.21. The fourth-order valence-corrected chi connectivity index (χ4v) is 4.65. The molecule has 2 rings (SSSR count). The van der Waals surface area contributed by atoms with Crippen LogP contribution in [0.5, 0.6) is 0 Å². The van der Waals surface area contributed by atoms with Gasteiger partial charge in [0.25, 0.3) is 0 Å². The van der Waals surface area contributed by atoms with Crippen LogP contribution in [-0.2, 0) is 9.53 Å². The topological polar surface area (TPSA) is 38.3 Å². The van der Waals surface area contributed by atoms with Crippen LogP contribution in [0.3, 0.4) is 0 Å². The highest BCUT2D eigenvalue weighted by atomic mass is 16.5. The van der Waals surface area contributed by atoms with Crippen molar-refractivity contribution in [1.82, 2.24) is 5.32 Å². The molecule has 0 bridgehead atoms. The van der Waals surface area contributed by atoms with Crippen molar-refractivity contribution in [2.24, 2.45) is 11.8 Å². The van der Waals surface area contributed by atoms with Gasteiger partial charge in [0.15, 0.2) is 0 Å². The van der Waals surface area contributed by atoms with Gasteiger partial charge in [-0.15, -0.1) is 0 Å². The highest BCUT2D eigenvalue weighted by Gasteiger charge is 2.41. The Kier molecular flexibility index (Phi) is 4.48. The molecule has 0 spiro atoms. The lowest BCUT2D eigenvalue weighted by molar-refractivity contribution is -0.148. The van der Waals surface area contributed by atoms with Gasteiger partial charge in [0.1, 0.15) is 6.10 Å². The number of esters is 1. The molecule has 20 heavy (non-hydrogen) atoms. The predicted octanol–water partition coefficient (Wildman–Crippen LogP) is 3.67. The maximum absolute atomic E-state index is 11.0. The van der Waals surface area contributed by atoms with E-state index >= 15 is 0 Å². The van der Waals surface area contributed by atoms with E-state index in [4.69, 9.17) is 4.74 Å². The summed E-state index contributed by atoms with van der Waals surface area (Å²) in [6.45, 7) is 10.8. The maximum Gasteiger partial charge on any atom is 0.302 e. The van der Waals surface area contributed by atoms with Crippen LogP contribution >= 0.6 is 0 Å². The van der Waals surface area contributed by atoms with E-state index < -0.39 is 0 Å². The monoisotopic (exact) mass is 281 g/mol. The Morgan fingerprint density at radius 3 is 1.90 bits per heavy atom. The average molecular weight is 281 g/mol. The highest BCUT2D eigenvalue weighted by Crippen LogP contribution is 2.42. The largest absolute Gasteiger partial charge is 0.463 e. The van der Waals surface area contributed by atoms with Crippen LogP contribution in [0.25, 0.3) is 0 Å². The van der Waals surface area contributed by atoms with Crippen molar-refractivity contribution in [3.8, 4) is 0 Å². The fourth-order valence-electron chi connectivity index (χ4n) is 4.65. The van der Waals surface area contributed by atoms with Crippen molar-refractivity contribution in [1.29, 1.82) is 0 Å². The zero-order valence-electron chi connectivity index (χ0n) is 13.8. The first-order valence-corrected chi connectivity index (χ1v) is 8.13. The van der Waals surface area contributed by atoms with E-state index in [1.807, 2.05) is 0 Å². The summed E-state index contributed by atoms with van der Waals surface area (Å²) < 4.78 is 5.36. The summed E-state index contributed by atoms with van der Waals surface area (Å²) in [6, 6.07) is 0. The van der Waals surface area contributed by atoms with Crippen molar-refractivity contribution in [3.63, 3.8) is 0 Å². The molecule has 0 aromatic carbocycles. The Labute approximate surface area is 123 Å². The molecule has 1 N–H and O–H groups in total. The van der Waals surface area contributed by atoms with Crippen LogP contribution in [0.15, 0.2) is 0 Å². The van der Waals surface area contributed by atoms with E-state index in [1.54, 1.807) is 0 Å². The minimum atomic E-state index is -0.127. The Morgan fingerprint density at radius 1 is 0.950 bits per heavy atom. The summed E-state index contributed by atoms with van der Waals surface area (Å²) >= 11 is 0. The molecule has 1 aliphatic heterocycles. The minimum absolute atomic E-state index is 0.127. The molecule has 3 heteroatoms. The van der Waals surface area contributed by atoms with E-state index in [1.165, 1.54) is 32.6 Å². The average Bonchev–Trinajstić information content (AvgIpc) is 2.24. The van der Waals surface area contributed by atoms with Gasteiger partial charge in [0.2, 0.25) is 0 Å². The van der Waals surface area contributed by atoms with E-state index in [-0.39, 0.29) is 23.2 Å².